The summed E-state index contributed by atoms with van der Waals surface area (Å²) in [6, 6.07) is 7.67. The number of fused-ring (bicyclic) bond motifs is 1. The van der Waals surface area contributed by atoms with Crippen LogP contribution in [-0.4, -0.2) is 62.4 Å². The van der Waals surface area contributed by atoms with Gasteiger partial charge in [-0.1, -0.05) is 0 Å². The first-order valence-electron chi connectivity index (χ1n) is 8.87. The number of carbonyl (C=O) groups excluding carboxylic acids is 2. The lowest BCUT2D eigenvalue weighted by molar-refractivity contribution is 0.0784. The van der Waals surface area contributed by atoms with E-state index in [9.17, 15) is 18.0 Å². The summed E-state index contributed by atoms with van der Waals surface area (Å²) in [4.78, 5) is 26.6. The Hall–Kier alpha value is -2.81. The van der Waals surface area contributed by atoms with E-state index in [1.54, 1.807) is 36.3 Å². The molecule has 1 aromatic heterocycles. The molecule has 0 saturated carbocycles. The van der Waals surface area contributed by atoms with Gasteiger partial charge in [-0.3, -0.25) is 9.59 Å². The molecule has 0 radical (unpaired) electrons. The van der Waals surface area contributed by atoms with Crippen LogP contribution in [0.25, 0.3) is 0 Å². The molecule has 8 nitrogen and oxygen atoms in total. The average Bonchev–Trinajstić information content (AvgIpc) is 3.40. The smallest absolute Gasteiger partial charge is 0.254 e. The molecule has 0 unspecified atom stereocenters. The molecule has 1 N–H and O–H groups in total. The number of nitrogens with zero attached hydrogens (tertiary/aromatic N) is 1. The summed E-state index contributed by atoms with van der Waals surface area (Å²) in [7, 11) is -1.86. The first kappa shape index (κ1) is 18.5. The Bertz CT molecular complexity index is 984. The Kier molecular flexibility index (Phi) is 4.62. The van der Waals surface area contributed by atoms with Gasteiger partial charge in [-0.05, 0) is 30.3 Å². The molecule has 3 heterocycles. The summed E-state index contributed by atoms with van der Waals surface area (Å²) in [6.45, 7) is 0.418. The van der Waals surface area contributed by atoms with Gasteiger partial charge in [-0.2, -0.15) is 0 Å². The Morgan fingerprint density at radius 2 is 1.89 bits per heavy atom. The highest BCUT2D eigenvalue weighted by atomic mass is 32.2. The van der Waals surface area contributed by atoms with Crippen LogP contribution in [0, 0.1) is 5.92 Å². The molecule has 4 rings (SSSR count). The van der Waals surface area contributed by atoms with Gasteiger partial charge >= 0.3 is 0 Å². The number of hydrogen-bond donors (Lipinski definition) is 1. The number of hydrogen-bond acceptors (Lipinski definition) is 6. The number of nitrogens with one attached hydrogen (secondary N) is 1. The third kappa shape index (κ3) is 3.26. The number of ether oxygens (including phenoxy) is 1. The van der Waals surface area contributed by atoms with Crippen molar-refractivity contribution in [3.05, 3.63) is 54.0 Å². The second-order valence-corrected chi connectivity index (χ2v) is 9.33. The summed E-state index contributed by atoms with van der Waals surface area (Å²) in [5.41, 5.74) is 0.808. The number of carbonyl (C=O) groups is 2. The first-order valence-corrected chi connectivity index (χ1v) is 10.6. The maximum atomic E-state index is 12.8. The molecular weight excluding hydrogens is 384 g/mol. The fourth-order valence-corrected chi connectivity index (χ4v) is 6.23. The summed E-state index contributed by atoms with van der Waals surface area (Å²) < 4.78 is 35.2. The van der Waals surface area contributed by atoms with E-state index >= 15 is 0 Å². The molecule has 3 atom stereocenters. The number of amides is 2. The second-order valence-electron chi connectivity index (χ2n) is 7.06. The molecular formula is C19H20N2O6S. The Labute approximate surface area is 162 Å². The zero-order chi connectivity index (χ0) is 19.9. The summed E-state index contributed by atoms with van der Waals surface area (Å²) in [5, 5.41) is 2.13. The van der Waals surface area contributed by atoms with E-state index in [1.165, 1.54) is 18.6 Å². The van der Waals surface area contributed by atoms with Crippen LogP contribution in [0.15, 0.2) is 47.3 Å². The maximum Gasteiger partial charge on any atom is 0.254 e. The van der Waals surface area contributed by atoms with Crippen LogP contribution in [0.5, 0.6) is 5.75 Å². The van der Waals surface area contributed by atoms with Gasteiger partial charge in [0.25, 0.3) is 11.8 Å². The third-order valence-electron chi connectivity index (χ3n) is 5.42. The van der Waals surface area contributed by atoms with Crippen molar-refractivity contribution in [2.75, 3.05) is 26.0 Å². The third-order valence-corrected chi connectivity index (χ3v) is 7.67. The van der Waals surface area contributed by atoms with E-state index in [2.05, 4.69) is 5.32 Å². The molecule has 0 bridgehead atoms. The number of rotatable bonds is 4. The number of sulfone groups is 1. The SMILES string of the molecule is COc1ccc(C(=O)N2C[C@H]3[C@H](NC(=O)c4ccoc4)CS(=O)(=O)[C@H]3C2)cc1. The second kappa shape index (κ2) is 6.97. The number of likely N-dealkylation sites (tertiary alicyclic amines) is 1. The van der Waals surface area contributed by atoms with E-state index in [4.69, 9.17) is 9.15 Å². The van der Waals surface area contributed by atoms with E-state index in [-0.39, 0.29) is 36.6 Å². The van der Waals surface area contributed by atoms with Crippen molar-refractivity contribution in [2.24, 2.45) is 5.92 Å². The molecule has 2 aromatic rings. The normalized spacial score (nSPS) is 25.3. The Balaban J connectivity index is 1.50. The van der Waals surface area contributed by atoms with Crippen LogP contribution >= 0.6 is 0 Å². The Morgan fingerprint density at radius 1 is 1.14 bits per heavy atom. The molecule has 2 aliphatic heterocycles. The predicted molar refractivity (Wildman–Crippen MR) is 99.9 cm³/mol. The monoisotopic (exact) mass is 404 g/mol. The van der Waals surface area contributed by atoms with E-state index < -0.39 is 21.1 Å². The molecule has 9 heteroatoms. The summed E-state index contributed by atoms with van der Waals surface area (Å²) in [5.74, 6) is -0.416. The minimum Gasteiger partial charge on any atom is -0.497 e. The highest BCUT2D eigenvalue weighted by Crippen LogP contribution is 2.35. The fourth-order valence-electron chi connectivity index (χ4n) is 3.94. The van der Waals surface area contributed by atoms with Gasteiger partial charge in [0.05, 0.1) is 29.9 Å². The highest BCUT2D eigenvalue weighted by molar-refractivity contribution is 7.92. The van der Waals surface area contributed by atoms with Gasteiger partial charge in [-0.25, -0.2) is 8.42 Å². The van der Waals surface area contributed by atoms with Crippen LogP contribution in [0.1, 0.15) is 20.7 Å². The molecule has 2 aliphatic rings. The lowest BCUT2D eigenvalue weighted by Crippen LogP contribution is -2.42. The number of furan rings is 1. The van der Waals surface area contributed by atoms with Gasteiger partial charge in [0.15, 0.2) is 9.84 Å². The first-order chi connectivity index (χ1) is 13.4. The zero-order valence-corrected chi connectivity index (χ0v) is 16.0. The largest absolute Gasteiger partial charge is 0.497 e. The molecule has 2 amide bonds. The zero-order valence-electron chi connectivity index (χ0n) is 15.2. The lowest BCUT2D eigenvalue weighted by atomic mass is 10.0. The van der Waals surface area contributed by atoms with Gasteiger partial charge in [0, 0.05) is 30.6 Å². The standard InChI is InChI=1S/C19H20N2O6S/c1-26-14-4-2-12(3-5-14)19(23)21-8-15-16(11-28(24,25)17(15)9-21)20-18(22)13-6-7-27-10-13/h2-7,10,15-17H,8-9,11H2,1H3,(H,20,22)/t15-,16+,17-/m0/s1. The van der Waals surface area contributed by atoms with E-state index in [1.807, 2.05) is 0 Å². The van der Waals surface area contributed by atoms with Crippen LogP contribution in [0.2, 0.25) is 0 Å². The Morgan fingerprint density at radius 3 is 2.54 bits per heavy atom. The maximum absolute atomic E-state index is 12.8. The molecule has 0 aliphatic carbocycles. The molecule has 2 saturated heterocycles. The number of methoxy groups -OCH3 is 1. The van der Waals surface area contributed by atoms with Crippen molar-refractivity contribution in [1.82, 2.24) is 10.2 Å². The number of benzene rings is 1. The molecule has 2 fully saturated rings. The molecule has 28 heavy (non-hydrogen) atoms. The van der Waals surface area contributed by atoms with Gasteiger partial charge in [0.2, 0.25) is 0 Å². The predicted octanol–water partition coefficient (Wildman–Crippen LogP) is 0.956. The highest BCUT2D eigenvalue weighted by Gasteiger charge is 2.53. The quantitative estimate of drug-likeness (QED) is 0.814. The summed E-state index contributed by atoms with van der Waals surface area (Å²) >= 11 is 0. The van der Waals surface area contributed by atoms with Crippen molar-refractivity contribution < 1.29 is 27.2 Å². The van der Waals surface area contributed by atoms with Crippen LogP contribution < -0.4 is 10.1 Å². The fraction of sp³-hybridized carbons (Fsp3) is 0.368. The molecule has 0 spiro atoms. The minimum atomic E-state index is -3.40. The van der Waals surface area contributed by atoms with Crippen molar-refractivity contribution in [1.29, 1.82) is 0 Å². The van der Waals surface area contributed by atoms with Gasteiger partial charge in [-0.15, -0.1) is 0 Å². The van der Waals surface area contributed by atoms with E-state index in [0.717, 1.165) is 0 Å². The molecule has 1 aromatic carbocycles. The summed E-state index contributed by atoms with van der Waals surface area (Å²) in [6.07, 6.45) is 2.69. The van der Waals surface area contributed by atoms with Crippen molar-refractivity contribution in [2.45, 2.75) is 11.3 Å². The van der Waals surface area contributed by atoms with Crippen LogP contribution in [0.4, 0.5) is 0 Å². The average molecular weight is 404 g/mol. The van der Waals surface area contributed by atoms with Crippen LogP contribution in [-0.2, 0) is 9.84 Å². The minimum absolute atomic E-state index is 0.115. The lowest BCUT2D eigenvalue weighted by Gasteiger charge is -2.21. The van der Waals surface area contributed by atoms with Gasteiger partial charge in [0.1, 0.15) is 12.0 Å². The van der Waals surface area contributed by atoms with Crippen LogP contribution in [0.3, 0.4) is 0 Å². The van der Waals surface area contributed by atoms with E-state index in [0.29, 0.717) is 16.9 Å². The van der Waals surface area contributed by atoms with Crippen molar-refractivity contribution in [3.63, 3.8) is 0 Å². The van der Waals surface area contributed by atoms with Crippen molar-refractivity contribution in [3.8, 4) is 5.75 Å². The van der Waals surface area contributed by atoms with Gasteiger partial charge < -0.3 is 19.4 Å². The van der Waals surface area contributed by atoms with Crippen molar-refractivity contribution >= 4 is 21.7 Å². The molecule has 148 valence electrons. The topological polar surface area (TPSA) is 106 Å².